The van der Waals surface area contributed by atoms with E-state index < -0.39 is 29.5 Å². The number of carbonyl (C=O) groups is 3. The van der Waals surface area contributed by atoms with Crippen LogP contribution in [0, 0.1) is 23.1 Å². The van der Waals surface area contributed by atoms with Gasteiger partial charge in [-0.15, -0.1) is 0 Å². The summed E-state index contributed by atoms with van der Waals surface area (Å²) in [6.07, 6.45) is 5.21. The molecule has 0 bridgehead atoms. The van der Waals surface area contributed by atoms with Crippen molar-refractivity contribution in [3.8, 4) is 6.07 Å². The fraction of sp³-hybridized carbons (Fsp3) is 0.478. The molecule has 32 heavy (non-hydrogen) atoms. The van der Waals surface area contributed by atoms with Crippen molar-refractivity contribution in [1.82, 2.24) is 10.6 Å². The number of rotatable bonds is 7. The molecule has 2 aliphatic rings. The molecular formula is C23H26FN3O4S. The highest BCUT2D eigenvalue weighted by Gasteiger charge is 2.45. The molecule has 0 unspecified atom stereocenters. The van der Waals surface area contributed by atoms with Crippen LogP contribution in [-0.4, -0.2) is 36.2 Å². The number of amides is 2. The second-order valence-electron chi connectivity index (χ2n) is 7.76. The topological polar surface area (TPSA) is 108 Å². The lowest BCUT2D eigenvalue weighted by atomic mass is 9.78. The molecule has 7 nitrogen and oxygen atoms in total. The molecule has 2 atom stereocenters. The van der Waals surface area contributed by atoms with Crippen molar-refractivity contribution in [2.75, 3.05) is 12.4 Å². The third kappa shape index (κ3) is 5.49. The Kier molecular flexibility index (Phi) is 8.28. The molecule has 170 valence electrons. The van der Waals surface area contributed by atoms with Gasteiger partial charge in [0.25, 0.3) is 0 Å². The Morgan fingerprint density at radius 3 is 2.66 bits per heavy atom. The highest BCUT2D eigenvalue weighted by atomic mass is 32.2. The number of allylic oxidation sites excluding steroid dienone is 1. The molecule has 2 amide bonds. The maximum Gasteiger partial charge on any atom is 0.319 e. The first-order chi connectivity index (χ1) is 15.5. The van der Waals surface area contributed by atoms with Crippen LogP contribution in [0.5, 0.6) is 0 Å². The molecule has 1 saturated carbocycles. The highest BCUT2D eigenvalue weighted by molar-refractivity contribution is 8.03. The van der Waals surface area contributed by atoms with Crippen LogP contribution in [0.4, 0.5) is 4.39 Å². The van der Waals surface area contributed by atoms with Crippen LogP contribution in [0.25, 0.3) is 0 Å². The molecule has 2 N–H and O–H groups in total. The Labute approximate surface area is 190 Å². The minimum absolute atomic E-state index is 0.00857. The summed E-state index contributed by atoms with van der Waals surface area (Å²) >= 11 is 1.00. The Bertz CT molecular complexity index is 953. The molecule has 1 fully saturated rings. The van der Waals surface area contributed by atoms with Crippen molar-refractivity contribution in [2.24, 2.45) is 5.92 Å². The first-order valence-corrected chi connectivity index (χ1v) is 11.7. The predicted molar refractivity (Wildman–Crippen MR) is 118 cm³/mol. The van der Waals surface area contributed by atoms with E-state index in [2.05, 4.69) is 10.6 Å². The molecule has 0 aromatic heterocycles. The van der Waals surface area contributed by atoms with Crippen LogP contribution in [0.2, 0.25) is 0 Å². The van der Waals surface area contributed by atoms with Gasteiger partial charge in [0, 0.05) is 12.0 Å². The number of nitriles is 1. The molecule has 9 heteroatoms. The molecule has 1 heterocycles. The number of benzene rings is 1. The lowest BCUT2D eigenvalue weighted by molar-refractivity contribution is -0.152. The van der Waals surface area contributed by atoms with E-state index >= 15 is 0 Å². The molecule has 0 radical (unpaired) electrons. The van der Waals surface area contributed by atoms with Crippen LogP contribution < -0.4 is 10.6 Å². The summed E-state index contributed by atoms with van der Waals surface area (Å²) in [5.74, 6) is -4.90. The van der Waals surface area contributed by atoms with Gasteiger partial charge in [0.1, 0.15) is 11.7 Å². The van der Waals surface area contributed by atoms with Crippen molar-refractivity contribution in [1.29, 1.82) is 5.26 Å². The van der Waals surface area contributed by atoms with Gasteiger partial charge in [0.05, 0.1) is 29.0 Å². The normalized spacial score (nSPS) is 21.5. The van der Waals surface area contributed by atoms with E-state index in [1.807, 2.05) is 6.07 Å². The predicted octanol–water partition coefficient (Wildman–Crippen LogP) is 3.14. The van der Waals surface area contributed by atoms with E-state index in [1.54, 1.807) is 13.0 Å². The average molecular weight is 460 g/mol. The SMILES string of the molecule is CCOC(=O)[C@@H]1C(=O)NC(SCC(=O)NC2CCCCC2)=C(C#N)[C@@H]1c1ccccc1F. The first kappa shape index (κ1) is 23.8. The van der Waals surface area contributed by atoms with Crippen LogP contribution in [0.3, 0.4) is 0 Å². The summed E-state index contributed by atoms with van der Waals surface area (Å²) in [7, 11) is 0. The Morgan fingerprint density at radius 1 is 1.28 bits per heavy atom. The third-order valence-electron chi connectivity index (χ3n) is 5.63. The number of hydrogen-bond donors (Lipinski definition) is 2. The molecule has 3 rings (SSSR count). The smallest absolute Gasteiger partial charge is 0.319 e. The van der Waals surface area contributed by atoms with E-state index in [9.17, 15) is 24.0 Å². The molecule has 1 aliphatic heterocycles. The van der Waals surface area contributed by atoms with Gasteiger partial charge in [-0.25, -0.2) is 4.39 Å². The molecule has 1 aromatic rings. The number of carbonyl (C=O) groups excluding carboxylic acids is 3. The molecule has 1 aliphatic carbocycles. The van der Waals surface area contributed by atoms with Gasteiger partial charge in [0.15, 0.2) is 0 Å². The van der Waals surface area contributed by atoms with Crippen molar-refractivity contribution < 1.29 is 23.5 Å². The van der Waals surface area contributed by atoms with Gasteiger partial charge in [-0.05, 0) is 31.4 Å². The zero-order chi connectivity index (χ0) is 23.1. The summed E-state index contributed by atoms with van der Waals surface area (Å²) in [5, 5.41) is 15.6. The molecular weight excluding hydrogens is 433 g/mol. The number of esters is 1. The Balaban J connectivity index is 1.87. The monoisotopic (exact) mass is 459 g/mol. The summed E-state index contributed by atoms with van der Waals surface area (Å²) in [4.78, 5) is 37.8. The minimum Gasteiger partial charge on any atom is -0.465 e. The lowest BCUT2D eigenvalue weighted by Gasteiger charge is -2.31. The van der Waals surface area contributed by atoms with Crippen molar-refractivity contribution >= 4 is 29.5 Å². The van der Waals surface area contributed by atoms with E-state index in [0.29, 0.717) is 0 Å². The number of nitrogens with one attached hydrogen (secondary N) is 2. The number of ether oxygens (including phenoxy) is 1. The van der Waals surface area contributed by atoms with Crippen molar-refractivity contribution in [2.45, 2.75) is 51.0 Å². The Morgan fingerprint density at radius 2 is 2.00 bits per heavy atom. The highest BCUT2D eigenvalue weighted by Crippen LogP contribution is 2.41. The zero-order valence-electron chi connectivity index (χ0n) is 17.9. The first-order valence-electron chi connectivity index (χ1n) is 10.7. The maximum atomic E-state index is 14.6. The van der Waals surface area contributed by atoms with E-state index in [1.165, 1.54) is 24.6 Å². The molecule has 1 aromatic carbocycles. The fourth-order valence-electron chi connectivity index (χ4n) is 4.14. The zero-order valence-corrected chi connectivity index (χ0v) is 18.7. The largest absolute Gasteiger partial charge is 0.465 e. The summed E-state index contributed by atoms with van der Waals surface area (Å²) in [5.41, 5.74) is 0.0879. The van der Waals surface area contributed by atoms with Crippen LogP contribution in [0.15, 0.2) is 34.9 Å². The average Bonchev–Trinajstić information content (AvgIpc) is 2.78. The van der Waals surface area contributed by atoms with Gasteiger partial charge in [-0.1, -0.05) is 49.2 Å². The minimum atomic E-state index is -1.40. The quantitative estimate of drug-likeness (QED) is 0.479. The van der Waals surface area contributed by atoms with E-state index in [-0.39, 0.29) is 40.5 Å². The van der Waals surface area contributed by atoms with Crippen molar-refractivity contribution in [3.05, 3.63) is 46.2 Å². The van der Waals surface area contributed by atoms with Gasteiger partial charge < -0.3 is 15.4 Å². The van der Waals surface area contributed by atoms with E-state index in [4.69, 9.17) is 4.74 Å². The molecule has 0 saturated heterocycles. The summed E-state index contributed by atoms with van der Waals surface area (Å²) in [6, 6.07) is 7.88. The van der Waals surface area contributed by atoms with Gasteiger partial charge in [-0.3, -0.25) is 14.4 Å². The van der Waals surface area contributed by atoms with Crippen LogP contribution in [0.1, 0.15) is 50.5 Å². The van der Waals surface area contributed by atoms with Gasteiger partial charge in [-0.2, -0.15) is 5.26 Å². The van der Waals surface area contributed by atoms with Crippen molar-refractivity contribution in [3.63, 3.8) is 0 Å². The van der Waals surface area contributed by atoms with Crippen LogP contribution in [-0.2, 0) is 19.1 Å². The number of thioether (sulfide) groups is 1. The Hall–Kier alpha value is -2.86. The number of halogens is 1. The van der Waals surface area contributed by atoms with Crippen LogP contribution >= 0.6 is 11.8 Å². The maximum absolute atomic E-state index is 14.6. The second kappa shape index (κ2) is 11.1. The number of nitrogens with zero attached hydrogens (tertiary/aromatic N) is 1. The third-order valence-corrected chi connectivity index (χ3v) is 6.64. The van der Waals surface area contributed by atoms with Gasteiger partial charge in [0.2, 0.25) is 11.8 Å². The summed E-state index contributed by atoms with van der Waals surface area (Å²) in [6.45, 7) is 1.64. The lowest BCUT2D eigenvalue weighted by Crippen LogP contribution is -2.45. The standard InChI is InChI=1S/C23H26FN3O4S/c1-2-31-23(30)20-19(15-10-6-7-11-17(15)24)16(12-25)22(27-21(20)29)32-13-18(28)26-14-8-4-3-5-9-14/h6-7,10-11,14,19-20H,2-5,8-9,13H2,1H3,(H,26,28)(H,27,29)/t19-,20-/m0/s1. The second-order valence-corrected chi connectivity index (χ2v) is 8.75. The fourth-order valence-corrected chi connectivity index (χ4v) is 5.00. The van der Waals surface area contributed by atoms with Gasteiger partial charge >= 0.3 is 5.97 Å². The molecule has 0 spiro atoms. The summed E-state index contributed by atoms with van der Waals surface area (Å²) < 4.78 is 19.7. The van der Waals surface area contributed by atoms with E-state index in [0.717, 1.165) is 37.4 Å². The number of hydrogen-bond acceptors (Lipinski definition) is 6.